The molecule has 0 atom stereocenters. The van der Waals surface area contributed by atoms with Crippen LogP contribution in [0, 0.1) is 0 Å². The van der Waals surface area contributed by atoms with E-state index < -0.39 is 0 Å². The number of fused-ring (bicyclic) bond motifs is 2. The molecule has 0 aliphatic carbocycles. The van der Waals surface area contributed by atoms with Crippen LogP contribution in [0.5, 0.6) is 0 Å². The summed E-state index contributed by atoms with van der Waals surface area (Å²) in [6.45, 7) is 2.18. The molecule has 0 radical (unpaired) electrons. The number of aryl methyl sites for hydroxylation is 1. The Morgan fingerprint density at radius 1 is 0.783 bits per heavy atom. The molecule has 0 amide bonds. The number of nitrogens with one attached hydrogen (secondary N) is 1. The predicted molar refractivity (Wildman–Crippen MR) is 98.4 cm³/mol. The van der Waals surface area contributed by atoms with Crippen molar-refractivity contribution in [2.24, 2.45) is 0 Å². The van der Waals surface area contributed by atoms with Gasteiger partial charge in [0.2, 0.25) is 0 Å². The maximum atomic E-state index is 4.77. The van der Waals surface area contributed by atoms with E-state index in [9.17, 15) is 0 Å². The number of hydrogen-bond donors (Lipinski definition) is 1. The molecule has 2 heteroatoms. The number of rotatable bonds is 3. The van der Waals surface area contributed by atoms with Gasteiger partial charge in [-0.05, 0) is 36.2 Å². The molecule has 4 rings (SSSR count). The fraction of sp³-hybridized carbons (Fsp3) is 0.0952. The summed E-state index contributed by atoms with van der Waals surface area (Å²) in [7, 11) is 0. The minimum atomic E-state index is 1.01. The average Bonchev–Trinajstić information content (AvgIpc) is 2.61. The van der Waals surface area contributed by atoms with Crippen LogP contribution in [0.25, 0.3) is 21.8 Å². The Hall–Kier alpha value is -2.87. The minimum absolute atomic E-state index is 1.01. The Kier molecular flexibility index (Phi) is 3.43. The lowest BCUT2D eigenvalue weighted by Crippen LogP contribution is -1.95. The van der Waals surface area contributed by atoms with E-state index in [2.05, 4.69) is 72.9 Å². The first-order valence-electron chi connectivity index (χ1n) is 7.98. The molecule has 4 aromatic rings. The molecule has 0 saturated heterocycles. The largest absolute Gasteiger partial charge is 0.354 e. The number of para-hydroxylation sites is 2. The van der Waals surface area contributed by atoms with Crippen LogP contribution in [0.15, 0.2) is 72.8 Å². The molecule has 0 fully saturated rings. The van der Waals surface area contributed by atoms with E-state index in [0.29, 0.717) is 0 Å². The van der Waals surface area contributed by atoms with Gasteiger partial charge in [0.25, 0.3) is 0 Å². The highest BCUT2D eigenvalue weighted by Gasteiger charge is 2.08. The topological polar surface area (TPSA) is 24.9 Å². The van der Waals surface area contributed by atoms with Crippen molar-refractivity contribution in [3.8, 4) is 0 Å². The third-order valence-electron chi connectivity index (χ3n) is 4.19. The Morgan fingerprint density at radius 2 is 1.43 bits per heavy atom. The number of hydrogen-bond acceptors (Lipinski definition) is 2. The highest BCUT2D eigenvalue weighted by molar-refractivity contribution is 6.08. The van der Waals surface area contributed by atoms with Crippen molar-refractivity contribution in [1.82, 2.24) is 4.98 Å². The van der Waals surface area contributed by atoms with Crippen molar-refractivity contribution in [2.45, 2.75) is 13.3 Å². The minimum Gasteiger partial charge on any atom is -0.354 e. The van der Waals surface area contributed by atoms with Crippen LogP contribution in [0.3, 0.4) is 0 Å². The van der Waals surface area contributed by atoms with Gasteiger partial charge in [-0.15, -0.1) is 0 Å². The van der Waals surface area contributed by atoms with Crippen LogP contribution in [0.4, 0.5) is 11.4 Å². The molecule has 0 spiro atoms. The van der Waals surface area contributed by atoms with E-state index in [-0.39, 0.29) is 0 Å². The first-order chi connectivity index (χ1) is 11.3. The number of anilines is 2. The van der Waals surface area contributed by atoms with Crippen LogP contribution in [-0.2, 0) is 6.42 Å². The lowest BCUT2D eigenvalue weighted by molar-refractivity contribution is 1.14. The van der Waals surface area contributed by atoms with E-state index >= 15 is 0 Å². The third kappa shape index (κ3) is 2.53. The van der Waals surface area contributed by atoms with E-state index in [0.717, 1.165) is 39.6 Å². The molecule has 3 aromatic carbocycles. The van der Waals surface area contributed by atoms with Crippen LogP contribution < -0.4 is 5.32 Å². The summed E-state index contributed by atoms with van der Waals surface area (Å²) in [6, 6.07) is 25.2. The zero-order valence-corrected chi connectivity index (χ0v) is 13.1. The van der Waals surface area contributed by atoms with Crippen molar-refractivity contribution in [3.05, 3.63) is 78.4 Å². The quantitative estimate of drug-likeness (QED) is 0.491. The van der Waals surface area contributed by atoms with Crippen molar-refractivity contribution in [2.75, 3.05) is 5.32 Å². The summed E-state index contributed by atoms with van der Waals surface area (Å²) >= 11 is 0. The zero-order valence-electron chi connectivity index (χ0n) is 13.1. The molecule has 0 bridgehead atoms. The van der Waals surface area contributed by atoms with Crippen molar-refractivity contribution in [1.29, 1.82) is 0 Å². The van der Waals surface area contributed by atoms with Gasteiger partial charge in [-0.25, -0.2) is 4.98 Å². The maximum Gasteiger partial charge on any atom is 0.0730 e. The second kappa shape index (κ2) is 5.73. The smallest absolute Gasteiger partial charge is 0.0730 e. The van der Waals surface area contributed by atoms with Gasteiger partial charge >= 0.3 is 0 Å². The maximum absolute atomic E-state index is 4.77. The molecule has 0 aliphatic rings. The van der Waals surface area contributed by atoms with Gasteiger partial charge in [-0.1, -0.05) is 55.5 Å². The molecular formula is C21H18N2. The van der Waals surface area contributed by atoms with Gasteiger partial charge in [0, 0.05) is 16.5 Å². The fourth-order valence-electron chi connectivity index (χ4n) is 2.99. The molecule has 1 N–H and O–H groups in total. The van der Waals surface area contributed by atoms with E-state index in [4.69, 9.17) is 4.98 Å². The van der Waals surface area contributed by atoms with Gasteiger partial charge < -0.3 is 5.32 Å². The molecule has 1 aromatic heterocycles. The summed E-state index contributed by atoms with van der Waals surface area (Å²) < 4.78 is 0. The average molecular weight is 298 g/mol. The predicted octanol–water partition coefficient (Wildman–Crippen LogP) is 5.69. The monoisotopic (exact) mass is 298 g/mol. The van der Waals surface area contributed by atoms with Crippen molar-refractivity contribution >= 4 is 33.2 Å². The number of nitrogens with zero attached hydrogens (tertiary/aromatic N) is 1. The van der Waals surface area contributed by atoms with Crippen LogP contribution in [0.2, 0.25) is 0 Å². The zero-order chi connectivity index (χ0) is 15.6. The fourth-order valence-corrected chi connectivity index (χ4v) is 2.99. The van der Waals surface area contributed by atoms with Gasteiger partial charge in [0.1, 0.15) is 0 Å². The highest BCUT2D eigenvalue weighted by Crippen LogP contribution is 2.33. The normalized spacial score (nSPS) is 11.0. The van der Waals surface area contributed by atoms with E-state index in [1.807, 2.05) is 12.1 Å². The lowest BCUT2D eigenvalue weighted by Gasteiger charge is -2.14. The van der Waals surface area contributed by atoms with Crippen molar-refractivity contribution in [3.63, 3.8) is 0 Å². The Balaban J connectivity index is 1.95. The van der Waals surface area contributed by atoms with Gasteiger partial charge in [-0.2, -0.15) is 0 Å². The molecule has 0 unspecified atom stereocenters. The Labute approximate surface area is 135 Å². The van der Waals surface area contributed by atoms with Crippen molar-refractivity contribution < 1.29 is 0 Å². The number of aromatic nitrogens is 1. The Bertz CT molecular complexity index is 935. The van der Waals surface area contributed by atoms with Gasteiger partial charge in [-0.3, -0.25) is 0 Å². The summed E-state index contributed by atoms with van der Waals surface area (Å²) in [6.07, 6.45) is 1.04. The highest BCUT2D eigenvalue weighted by atomic mass is 14.9. The lowest BCUT2D eigenvalue weighted by atomic mass is 10.1. The third-order valence-corrected chi connectivity index (χ3v) is 4.19. The second-order valence-corrected chi connectivity index (χ2v) is 5.70. The molecule has 23 heavy (non-hydrogen) atoms. The van der Waals surface area contributed by atoms with Crippen LogP contribution in [0.1, 0.15) is 12.5 Å². The number of benzene rings is 3. The van der Waals surface area contributed by atoms with E-state index in [1.165, 1.54) is 5.56 Å². The summed E-state index contributed by atoms with van der Waals surface area (Å²) in [4.78, 5) is 4.77. The van der Waals surface area contributed by atoms with Gasteiger partial charge in [0.05, 0.1) is 16.7 Å². The summed E-state index contributed by atoms with van der Waals surface area (Å²) in [5, 5.41) is 5.92. The molecule has 0 saturated carbocycles. The molecule has 1 heterocycles. The van der Waals surface area contributed by atoms with Crippen LogP contribution >= 0.6 is 0 Å². The van der Waals surface area contributed by atoms with Crippen LogP contribution in [-0.4, -0.2) is 4.98 Å². The standard InChI is InChI=1S/C21H18N2/c1-2-15-8-7-9-16(14-15)22-21-17-10-3-5-12-19(17)23-20-13-6-4-11-18(20)21/h3-14H,2H2,1H3,(H,22,23). The van der Waals surface area contributed by atoms with E-state index in [1.54, 1.807) is 0 Å². The SMILES string of the molecule is CCc1cccc(Nc2c3ccccc3nc3ccccc23)c1. The molecule has 0 aliphatic heterocycles. The first-order valence-corrected chi connectivity index (χ1v) is 7.98. The molecule has 2 nitrogen and oxygen atoms in total. The number of pyridine rings is 1. The summed E-state index contributed by atoms with van der Waals surface area (Å²) in [5.74, 6) is 0. The second-order valence-electron chi connectivity index (χ2n) is 5.70. The molecule has 112 valence electrons. The molecular weight excluding hydrogens is 280 g/mol. The summed E-state index contributed by atoms with van der Waals surface area (Å²) in [5.41, 5.74) is 5.60. The van der Waals surface area contributed by atoms with Gasteiger partial charge in [0.15, 0.2) is 0 Å². The first kappa shape index (κ1) is 13.8. The Morgan fingerprint density at radius 3 is 2.09 bits per heavy atom.